The first-order valence-electron chi connectivity index (χ1n) is 8.19. The Balaban J connectivity index is 1.40. The van der Waals surface area contributed by atoms with Crippen molar-refractivity contribution in [2.75, 3.05) is 11.9 Å². The number of rotatable bonds is 6. The van der Waals surface area contributed by atoms with Crippen LogP contribution < -0.4 is 16.4 Å². The Kier molecular flexibility index (Phi) is 4.61. The molecular weight excluding hydrogens is 276 g/mol. The van der Waals surface area contributed by atoms with E-state index < -0.39 is 0 Å². The van der Waals surface area contributed by atoms with E-state index in [0.717, 1.165) is 31.4 Å². The van der Waals surface area contributed by atoms with E-state index in [2.05, 4.69) is 33.8 Å². The Morgan fingerprint density at radius 2 is 2.09 bits per heavy atom. The quantitative estimate of drug-likeness (QED) is 0.427. The van der Waals surface area contributed by atoms with E-state index in [1.165, 1.54) is 24.0 Å². The number of carbonyl (C=O) groups excluding carboxylic acids is 1. The zero-order chi connectivity index (χ0) is 15.4. The Bertz CT molecular complexity index is 578. The number of fused-ring (bicyclic) bond motifs is 1. The first-order chi connectivity index (χ1) is 10.7. The van der Waals surface area contributed by atoms with Crippen LogP contribution >= 0.6 is 0 Å². The molecule has 22 heavy (non-hydrogen) atoms. The van der Waals surface area contributed by atoms with E-state index in [-0.39, 0.29) is 5.91 Å². The van der Waals surface area contributed by atoms with Crippen LogP contribution in [0, 0.1) is 0 Å². The van der Waals surface area contributed by atoms with Crippen LogP contribution in [0.5, 0.6) is 0 Å². The fourth-order valence-corrected chi connectivity index (χ4v) is 2.80. The maximum absolute atomic E-state index is 11.5. The monoisotopic (exact) mass is 300 g/mol. The number of anilines is 1. The standard InChI is InChI=1S/C17H24N4O/c18-17(19-10-2-5-16(22)20-14-8-9-14)21-15-7-6-12-3-1-4-13(12)11-15/h6-7,11,14H,1-5,8-10H2,(H,20,22)(H3,18,19,21). The van der Waals surface area contributed by atoms with E-state index in [9.17, 15) is 4.79 Å². The van der Waals surface area contributed by atoms with Crippen LogP contribution in [0.15, 0.2) is 23.2 Å². The van der Waals surface area contributed by atoms with E-state index >= 15 is 0 Å². The van der Waals surface area contributed by atoms with Crippen LogP contribution in [-0.2, 0) is 17.6 Å². The molecule has 0 bridgehead atoms. The highest BCUT2D eigenvalue weighted by atomic mass is 16.1. The number of benzene rings is 1. The van der Waals surface area contributed by atoms with E-state index in [1.807, 2.05) is 0 Å². The lowest BCUT2D eigenvalue weighted by Gasteiger charge is -2.08. The number of nitrogens with two attached hydrogens (primary N) is 1. The molecule has 1 aromatic rings. The second-order valence-corrected chi connectivity index (χ2v) is 6.17. The second-order valence-electron chi connectivity index (χ2n) is 6.17. The SMILES string of the molecule is NC(=NCCCC(=O)NC1CC1)Nc1ccc2c(c1)CCC2. The van der Waals surface area contributed by atoms with Gasteiger partial charge in [0.1, 0.15) is 0 Å². The van der Waals surface area contributed by atoms with Crippen molar-refractivity contribution in [2.24, 2.45) is 10.7 Å². The molecule has 0 heterocycles. The number of nitrogens with one attached hydrogen (secondary N) is 2. The predicted molar refractivity (Wildman–Crippen MR) is 89.0 cm³/mol. The summed E-state index contributed by atoms with van der Waals surface area (Å²) in [5.41, 5.74) is 9.75. The first kappa shape index (κ1) is 14.9. The van der Waals surface area contributed by atoms with Crippen molar-refractivity contribution in [3.8, 4) is 0 Å². The smallest absolute Gasteiger partial charge is 0.220 e. The molecular formula is C17H24N4O. The Hall–Kier alpha value is -2.04. The largest absolute Gasteiger partial charge is 0.370 e. The minimum absolute atomic E-state index is 0.128. The molecule has 0 saturated heterocycles. The van der Waals surface area contributed by atoms with Crippen molar-refractivity contribution in [1.82, 2.24) is 5.32 Å². The molecule has 2 aliphatic carbocycles. The van der Waals surface area contributed by atoms with Gasteiger partial charge in [0, 0.05) is 24.7 Å². The number of nitrogens with zero attached hydrogens (tertiary/aromatic N) is 1. The molecule has 3 rings (SSSR count). The van der Waals surface area contributed by atoms with E-state index in [1.54, 1.807) is 0 Å². The van der Waals surface area contributed by atoms with Gasteiger partial charge in [0.25, 0.3) is 0 Å². The molecule has 118 valence electrons. The summed E-state index contributed by atoms with van der Waals surface area (Å²) in [7, 11) is 0. The fraction of sp³-hybridized carbons (Fsp3) is 0.529. The van der Waals surface area contributed by atoms with Crippen molar-refractivity contribution in [2.45, 2.75) is 51.0 Å². The van der Waals surface area contributed by atoms with Gasteiger partial charge >= 0.3 is 0 Å². The number of guanidine groups is 1. The minimum Gasteiger partial charge on any atom is -0.370 e. The Labute approximate surface area is 131 Å². The highest BCUT2D eigenvalue weighted by Crippen LogP contribution is 2.24. The number of hydrogen-bond acceptors (Lipinski definition) is 2. The Morgan fingerprint density at radius 1 is 1.27 bits per heavy atom. The highest BCUT2D eigenvalue weighted by molar-refractivity contribution is 5.92. The molecule has 1 fully saturated rings. The van der Waals surface area contributed by atoms with Crippen molar-refractivity contribution in [1.29, 1.82) is 0 Å². The number of aliphatic imine (C=N–C) groups is 1. The second kappa shape index (κ2) is 6.81. The molecule has 0 spiro atoms. The molecule has 0 aliphatic heterocycles. The summed E-state index contributed by atoms with van der Waals surface area (Å²) in [5, 5.41) is 6.10. The van der Waals surface area contributed by atoms with Crippen LogP contribution in [0.25, 0.3) is 0 Å². The Morgan fingerprint density at radius 3 is 2.91 bits per heavy atom. The molecule has 0 radical (unpaired) electrons. The molecule has 5 nitrogen and oxygen atoms in total. The molecule has 0 unspecified atom stereocenters. The van der Waals surface area contributed by atoms with Crippen molar-refractivity contribution >= 4 is 17.6 Å². The molecule has 0 aromatic heterocycles. The van der Waals surface area contributed by atoms with Gasteiger partial charge in [-0.15, -0.1) is 0 Å². The summed E-state index contributed by atoms with van der Waals surface area (Å²) in [6.45, 7) is 0.571. The first-order valence-corrected chi connectivity index (χ1v) is 8.19. The number of amides is 1. The molecule has 4 N–H and O–H groups in total. The zero-order valence-electron chi connectivity index (χ0n) is 12.9. The predicted octanol–water partition coefficient (Wildman–Crippen LogP) is 1.96. The summed E-state index contributed by atoms with van der Waals surface area (Å²) >= 11 is 0. The molecule has 1 saturated carbocycles. The third-order valence-electron chi connectivity index (χ3n) is 4.16. The third-order valence-corrected chi connectivity index (χ3v) is 4.16. The highest BCUT2D eigenvalue weighted by Gasteiger charge is 2.22. The zero-order valence-corrected chi connectivity index (χ0v) is 12.9. The maximum Gasteiger partial charge on any atom is 0.220 e. The summed E-state index contributed by atoms with van der Waals surface area (Å²) < 4.78 is 0. The van der Waals surface area contributed by atoms with Crippen LogP contribution in [0.4, 0.5) is 5.69 Å². The van der Waals surface area contributed by atoms with Gasteiger partial charge in [0.15, 0.2) is 5.96 Å². The van der Waals surface area contributed by atoms with Gasteiger partial charge in [-0.25, -0.2) is 0 Å². The maximum atomic E-state index is 11.5. The minimum atomic E-state index is 0.128. The number of aryl methyl sites for hydroxylation is 2. The summed E-state index contributed by atoms with van der Waals surface area (Å²) in [6.07, 6.45) is 7.08. The lowest BCUT2D eigenvalue weighted by molar-refractivity contribution is -0.121. The molecule has 5 heteroatoms. The summed E-state index contributed by atoms with van der Waals surface area (Å²) in [6, 6.07) is 6.81. The third kappa shape index (κ3) is 4.23. The lowest BCUT2D eigenvalue weighted by atomic mass is 10.1. The van der Waals surface area contributed by atoms with Crippen LogP contribution in [-0.4, -0.2) is 24.5 Å². The van der Waals surface area contributed by atoms with Gasteiger partial charge in [-0.2, -0.15) is 0 Å². The van der Waals surface area contributed by atoms with E-state index in [0.29, 0.717) is 25.0 Å². The van der Waals surface area contributed by atoms with Crippen molar-refractivity contribution in [3.63, 3.8) is 0 Å². The molecule has 0 atom stereocenters. The van der Waals surface area contributed by atoms with Crippen molar-refractivity contribution < 1.29 is 4.79 Å². The number of carbonyl (C=O) groups is 1. The van der Waals surface area contributed by atoms with Crippen LogP contribution in [0.2, 0.25) is 0 Å². The van der Waals surface area contributed by atoms with Gasteiger partial charge < -0.3 is 16.4 Å². The molecule has 1 aromatic carbocycles. The molecule has 2 aliphatic rings. The van der Waals surface area contributed by atoms with E-state index in [4.69, 9.17) is 5.73 Å². The summed E-state index contributed by atoms with van der Waals surface area (Å²) in [4.78, 5) is 15.8. The average Bonchev–Trinajstić information content (AvgIpc) is 3.17. The van der Waals surface area contributed by atoms with Gasteiger partial charge in [-0.3, -0.25) is 9.79 Å². The van der Waals surface area contributed by atoms with Gasteiger partial charge in [-0.05, 0) is 61.8 Å². The van der Waals surface area contributed by atoms with Gasteiger partial charge in [0.05, 0.1) is 0 Å². The number of hydrogen-bond donors (Lipinski definition) is 3. The average molecular weight is 300 g/mol. The van der Waals surface area contributed by atoms with Crippen LogP contribution in [0.3, 0.4) is 0 Å². The van der Waals surface area contributed by atoms with Crippen molar-refractivity contribution in [3.05, 3.63) is 29.3 Å². The van der Waals surface area contributed by atoms with Gasteiger partial charge in [0.2, 0.25) is 5.91 Å². The molecule has 1 amide bonds. The van der Waals surface area contributed by atoms with Gasteiger partial charge in [-0.1, -0.05) is 6.07 Å². The topological polar surface area (TPSA) is 79.5 Å². The van der Waals surface area contributed by atoms with Crippen LogP contribution in [0.1, 0.15) is 43.2 Å². The normalized spacial score (nSPS) is 17.2. The lowest BCUT2D eigenvalue weighted by Crippen LogP contribution is -2.25. The fourth-order valence-electron chi connectivity index (χ4n) is 2.80. The summed E-state index contributed by atoms with van der Waals surface area (Å²) in [5.74, 6) is 0.545.